The van der Waals surface area contributed by atoms with Gasteiger partial charge in [0.25, 0.3) is 5.91 Å². The minimum absolute atomic E-state index is 0.0213. The van der Waals surface area contributed by atoms with Crippen molar-refractivity contribution in [2.24, 2.45) is 0 Å². The standard InChI is InChI=1S/C18H20F2N2O3/c1-10-17(21-11(2)24-10)18(23)22-14-3-5-15(6-4-14)25-16-8-12(19)7-13(20)9-16/h7-9,14-15H,3-6H2,1-2H3,(H,22,23). The van der Waals surface area contributed by atoms with Crippen LogP contribution in [0, 0.1) is 25.5 Å². The van der Waals surface area contributed by atoms with Gasteiger partial charge in [0.15, 0.2) is 11.6 Å². The number of aryl methyl sites for hydroxylation is 2. The van der Waals surface area contributed by atoms with Crippen LogP contribution in [-0.4, -0.2) is 23.0 Å². The predicted octanol–water partition coefficient (Wildman–Crippen LogP) is 3.69. The molecule has 1 aliphatic rings. The molecule has 0 atom stereocenters. The van der Waals surface area contributed by atoms with E-state index in [-0.39, 0.29) is 23.8 Å². The number of benzene rings is 1. The Hall–Kier alpha value is -2.44. The van der Waals surface area contributed by atoms with Crippen molar-refractivity contribution in [2.75, 3.05) is 0 Å². The Balaban J connectivity index is 1.51. The number of hydrogen-bond acceptors (Lipinski definition) is 4. The SMILES string of the molecule is Cc1nc(C(=O)NC2CCC(Oc3cc(F)cc(F)c3)CC2)c(C)o1. The Kier molecular flexibility index (Phi) is 5.01. The fourth-order valence-electron chi connectivity index (χ4n) is 3.11. The van der Waals surface area contributed by atoms with Crippen molar-refractivity contribution in [3.8, 4) is 5.75 Å². The van der Waals surface area contributed by atoms with Crippen molar-refractivity contribution in [3.63, 3.8) is 0 Å². The summed E-state index contributed by atoms with van der Waals surface area (Å²) < 4.78 is 37.3. The molecule has 1 aromatic carbocycles. The highest BCUT2D eigenvalue weighted by Crippen LogP contribution is 2.25. The van der Waals surface area contributed by atoms with Gasteiger partial charge in [0, 0.05) is 31.2 Å². The Morgan fingerprint density at radius 3 is 2.36 bits per heavy atom. The minimum atomic E-state index is -0.658. The molecule has 0 saturated heterocycles. The third-order valence-corrected chi connectivity index (χ3v) is 4.27. The number of carbonyl (C=O) groups is 1. The number of nitrogens with zero attached hydrogens (tertiary/aromatic N) is 1. The quantitative estimate of drug-likeness (QED) is 0.913. The van der Waals surface area contributed by atoms with Crippen LogP contribution in [-0.2, 0) is 0 Å². The van der Waals surface area contributed by atoms with Gasteiger partial charge in [0.1, 0.15) is 23.1 Å². The first-order valence-electron chi connectivity index (χ1n) is 8.28. The van der Waals surface area contributed by atoms with Gasteiger partial charge in [-0.05, 0) is 32.6 Å². The summed E-state index contributed by atoms with van der Waals surface area (Å²) in [5, 5.41) is 2.95. The van der Waals surface area contributed by atoms with Crippen LogP contribution < -0.4 is 10.1 Å². The summed E-state index contributed by atoms with van der Waals surface area (Å²) in [6.07, 6.45) is 2.72. The molecule has 0 spiro atoms. The molecule has 2 aromatic rings. The van der Waals surface area contributed by atoms with Gasteiger partial charge in [0.05, 0.1) is 6.10 Å². The zero-order valence-electron chi connectivity index (χ0n) is 14.1. The Labute approximate surface area is 144 Å². The number of ether oxygens (including phenoxy) is 1. The molecule has 1 aromatic heterocycles. The Bertz CT molecular complexity index is 747. The third-order valence-electron chi connectivity index (χ3n) is 4.27. The lowest BCUT2D eigenvalue weighted by atomic mass is 9.92. The van der Waals surface area contributed by atoms with Crippen LogP contribution in [0.1, 0.15) is 47.8 Å². The molecule has 0 bridgehead atoms. The summed E-state index contributed by atoms with van der Waals surface area (Å²) in [5.74, 6) is -0.407. The normalized spacial score (nSPS) is 20.3. The first-order chi connectivity index (χ1) is 11.9. The summed E-state index contributed by atoms with van der Waals surface area (Å²) in [6, 6.07) is 3.18. The number of hydrogen-bond donors (Lipinski definition) is 1. The van der Waals surface area contributed by atoms with Crippen molar-refractivity contribution >= 4 is 5.91 Å². The number of nitrogens with one attached hydrogen (secondary N) is 1. The third kappa shape index (κ3) is 4.35. The maximum atomic E-state index is 13.2. The van der Waals surface area contributed by atoms with Gasteiger partial charge in [-0.2, -0.15) is 0 Å². The lowest BCUT2D eigenvalue weighted by molar-refractivity contribution is 0.0887. The van der Waals surface area contributed by atoms with Crippen molar-refractivity contribution in [1.29, 1.82) is 0 Å². The minimum Gasteiger partial charge on any atom is -0.490 e. The van der Waals surface area contributed by atoms with E-state index in [1.165, 1.54) is 12.1 Å². The first kappa shape index (κ1) is 17.4. The van der Waals surface area contributed by atoms with Gasteiger partial charge >= 0.3 is 0 Å². The largest absolute Gasteiger partial charge is 0.490 e. The fourth-order valence-corrected chi connectivity index (χ4v) is 3.11. The lowest BCUT2D eigenvalue weighted by Gasteiger charge is -2.29. The average molecular weight is 350 g/mol. The second-order valence-electron chi connectivity index (χ2n) is 6.31. The molecule has 1 amide bonds. The molecule has 134 valence electrons. The Morgan fingerprint density at radius 2 is 1.80 bits per heavy atom. The maximum Gasteiger partial charge on any atom is 0.273 e. The first-order valence-corrected chi connectivity index (χ1v) is 8.28. The summed E-state index contributed by atoms with van der Waals surface area (Å²) in [7, 11) is 0. The number of amides is 1. The molecule has 7 heteroatoms. The van der Waals surface area contributed by atoms with E-state index in [4.69, 9.17) is 9.15 Å². The molecule has 1 aliphatic carbocycles. The maximum absolute atomic E-state index is 13.2. The number of halogens is 2. The van der Waals surface area contributed by atoms with Crippen LogP contribution in [0.2, 0.25) is 0 Å². The van der Waals surface area contributed by atoms with E-state index in [0.717, 1.165) is 18.9 Å². The van der Waals surface area contributed by atoms with Gasteiger partial charge in [-0.3, -0.25) is 4.79 Å². The van der Waals surface area contributed by atoms with Gasteiger partial charge in [-0.15, -0.1) is 0 Å². The molecule has 0 unspecified atom stereocenters. The number of rotatable bonds is 4. The van der Waals surface area contributed by atoms with Crippen LogP contribution in [0.4, 0.5) is 8.78 Å². The Morgan fingerprint density at radius 1 is 1.16 bits per heavy atom. The average Bonchev–Trinajstić information content (AvgIpc) is 2.87. The smallest absolute Gasteiger partial charge is 0.273 e. The van der Waals surface area contributed by atoms with Crippen molar-refractivity contribution < 1.29 is 22.7 Å². The van der Waals surface area contributed by atoms with E-state index in [1.54, 1.807) is 13.8 Å². The van der Waals surface area contributed by atoms with Crippen LogP contribution in [0.25, 0.3) is 0 Å². The van der Waals surface area contributed by atoms with E-state index in [0.29, 0.717) is 30.2 Å². The van der Waals surface area contributed by atoms with Crippen LogP contribution in [0.15, 0.2) is 22.6 Å². The summed E-state index contributed by atoms with van der Waals surface area (Å²) in [6.45, 7) is 3.40. The molecule has 1 saturated carbocycles. The van der Waals surface area contributed by atoms with E-state index in [1.807, 2.05) is 0 Å². The van der Waals surface area contributed by atoms with E-state index < -0.39 is 11.6 Å². The highest BCUT2D eigenvalue weighted by Gasteiger charge is 2.25. The van der Waals surface area contributed by atoms with E-state index >= 15 is 0 Å². The predicted molar refractivity (Wildman–Crippen MR) is 86.5 cm³/mol. The zero-order valence-corrected chi connectivity index (χ0v) is 14.1. The molecule has 3 rings (SSSR count). The molecule has 25 heavy (non-hydrogen) atoms. The number of carbonyl (C=O) groups excluding carboxylic acids is 1. The molecule has 0 radical (unpaired) electrons. The number of oxazole rings is 1. The monoisotopic (exact) mass is 350 g/mol. The van der Waals surface area contributed by atoms with Crippen LogP contribution in [0.5, 0.6) is 5.75 Å². The molecular weight excluding hydrogens is 330 g/mol. The summed E-state index contributed by atoms with van der Waals surface area (Å²) in [4.78, 5) is 16.3. The van der Waals surface area contributed by atoms with Crippen molar-refractivity contribution in [3.05, 3.63) is 47.2 Å². The molecular formula is C18H20F2N2O3. The number of aromatic nitrogens is 1. The molecule has 0 aliphatic heterocycles. The summed E-state index contributed by atoms with van der Waals surface area (Å²) >= 11 is 0. The van der Waals surface area contributed by atoms with Crippen molar-refractivity contribution in [1.82, 2.24) is 10.3 Å². The zero-order chi connectivity index (χ0) is 18.0. The molecule has 1 fully saturated rings. The molecule has 1 N–H and O–H groups in total. The van der Waals surface area contributed by atoms with E-state index in [9.17, 15) is 13.6 Å². The van der Waals surface area contributed by atoms with Crippen molar-refractivity contribution in [2.45, 2.75) is 51.7 Å². The second-order valence-corrected chi connectivity index (χ2v) is 6.31. The molecule has 5 nitrogen and oxygen atoms in total. The molecule has 1 heterocycles. The van der Waals surface area contributed by atoms with Crippen LogP contribution in [0.3, 0.4) is 0 Å². The second kappa shape index (κ2) is 7.21. The highest BCUT2D eigenvalue weighted by atomic mass is 19.1. The topological polar surface area (TPSA) is 64.4 Å². The summed E-state index contributed by atoms with van der Waals surface area (Å²) in [5.41, 5.74) is 0.311. The van der Waals surface area contributed by atoms with E-state index in [2.05, 4.69) is 10.3 Å². The van der Waals surface area contributed by atoms with Crippen LogP contribution >= 0.6 is 0 Å². The highest BCUT2D eigenvalue weighted by molar-refractivity contribution is 5.93. The van der Waals surface area contributed by atoms with Gasteiger partial charge in [-0.1, -0.05) is 0 Å². The van der Waals surface area contributed by atoms with Gasteiger partial charge in [0.2, 0.25) is 0 Å². The van der Waals surface area contributed by atoms with Gasteiger partial charge < -0.3 is 14.5 Å². The van der Waals surface area contributed by atoms with Gasteiger partial charge in [-0.25, -0.2) is 13.8 Å². The fraction of sp³-hybridized carbons (Fsp3) is 0.444. The lowest BCUT2D eigenvalue weighted by Crippen LogP contribution is -2.40.